The highest BCUT2D eigenvalue weighted by Crippen LogP contribution is 2.23. The third kappa shape index (κ3) is 2.21. The van der Waals surface area contributed by atoms with Gasteiger partial charge in [-0.1, -0.05) is 36.4 Å². The molecular weight excluding hydrogens is 202 g/mol. The summed E-state index contributed by atoms with van der Waals surface area (Å²) >= 11 is 0. The van der Waals surface area contributed by atoms with Gasteiger partial charge in [0.1, 0.15) is 11.9 Å². The Morgan fingerprint density at radius 2 is 2.06 bits per heavy atom. The number of allylic oxidation sites excluding steroid dienone is 2. The van der Waals surface area contributed by atoms with Crippen molar-refractivity contribution in [3.05, 3.63) is 59.7 Å². The first kappa shape index (κ1) is 10.7. The third-order valence-corrected chi connectivity index (χ3v) is 2.42. The summed E-state index contributed by atoms with van der Waals surface area (Å²) in [4.78, 5) is 4.83. The second-order valence-corrected chi connectivity index (χ2v) is 3.50. The zero-order chi connectivity index (χ0) is 11.4. The molecule has 0 saturated heterocycles. The van der Waals surface area contributed by atoms with Crippen molar-refractivity contribution in [1.82, 2.24) is 0 Å². The predicted molar refractivity (Wildman–Crippen MR) is 63.4 cm³/mol. The molecule has 16 heavy (non-hydrogen) atoms. The average molecular weight is 215 g/mol. The summed E-state index contributed by atoms with van der Waals surface area (Å²) in [6.07, 6.45) is 9.13. The van der Waals surface area contributed by atoms with Gasteiger partial charge in [0.2, 0.25) is 0 Å². The molecule has 1 aromatic rings. The Morgan fingerprint density at radius 1 is 1.25 bits per heavy atom. The van der Waals surface area contributed by atoms with E-state index < -0.39 is 0 Å². The number of aromatic hydroxyl groups is 1. The Kier molecular flexibility index (Phi) is 3.19. The number of phenolic OH excluding ortho intramolecular Hbond substituents is 1. The number of para-hydroxylation sites is 1. The van der Waals surface area contributed by atoms with Crippen LogP contribution in [0.15, 0.2) is 54.1 Å². The van der Waals surface area contributed by atoms with Crippen LogP contribution in [0.5, 0.6) is 5.75 Å². The van der Waals surface area contributed by atoms with Crippen LogP contribution in [-0.4, -0.2) is 11.2 Å². The number of nitrogens with two attached hydrogens (primary N) is 1. The van der Waals surface area contributed by atoms with Crippen LogP contribution < -0.4 is 5.90 Å². The number of hydrogen-bond donors (Lipinski definition) is 2. The van der Waals surface area contributed by atoms with Crippen LogP contribution >= 0.6 is 0 Å². The molecule has 0 bridgehead atoms. The molecule has 0 aliphatic heterocycles. The summed E-state index contributed by atoms with van der Waals surface area (Å²) in [6.45, 7) is 0. The highest BCUT2D eigenvalue weighted by Gasteiger charge is 2.11. The molecule has 1 aromatic carbocycles. The lowest BCUT2D eigenvalue weighted by Gasteiger charge is -2.14. The lowest BCUT2D eigenvalue weighted by molar-refractivity contribution is 0.113. The van der Waals surface area contributed by atoms with Gasteiger partial charge in [-0.2, -0.15) is 0 Å². The van der Waals surface area contributed by atoms with Gasteiger partial charge in [-0.3, -0.25) is 4.84 Å². The minimum absolute atomic E-state index is 0.244. The molecule has 1 aliphatic rings. The molecule has 0 aromatic heterocycles. The van der Waals surface area contributed by atoms with Gasteiger partial charge in [0.15, 0.2) is 0 Å². The van der Waals surface area contributed by atoms with E-state index in [1.54, 1.807) is 12.1 Å². The number of benzene rings is 1. The lowest BCUT2D eigenvalue weighted by Crippen LogP contribution is -2.17. The fraction of sp³-hybridized carbons (Fsp3) is 0.0769. The summed E-state index contributed by atoms with van der Waals surface area (Å²) < 4.78 is 0. The highest BCUT2D eigenvalue weighted by molar-refractivity contribution is 5.63. The topological polar surface area (TPSA) is 55.5 Å². The minimum atomic E-state index is -0.260. The van der Waals surface area contributed by atoms with Crippen LogP contribution in [0.4, 0.5) is 0 Å². The molecule has 0 heterocycles. The minimum Gasteiger partial charge on any atom is -0.507 e. The maximum atomic E-state index is 9.64. The summed E-state index contributed by atoms with van der Waals surface area (Å²) in [5.41, 5.74) is 1.66. The molecule has 1 aliphatic carbocycles. The van der Waals surface area contributed by atoms with Gasteiger partial charge in [0, 0.05) is 5.56 Å². The van der Waals surface area contributed by atoms with E-state index in [0.717, 1.165) is 11.1 Å². The molecule has 0 spiro atoms. The standard InChI is InChI=1S/C13H13NO2/c14-16-13-8-4-2-6-11(13)9-10-5-1-3-7-12(10)15/h1-9,13,15H,14H2. The molecule has 0 fully saturated rings. The molecule has 0 radical (unpaired) electrons. The van der Waals surface area contributed by atoms with Gasteiger partial charge in [-0.05, 0) is 23.8 Å². The summed E-state index contributed by atoms with van der Waals surface area (Å²) in [5, 5.41) is 9.64. The van der Waals surface area contributed by atoms with Gasteiger partial charge in [-0.25, -0.2) is 5.90 Å². The number of phenols is 1. The van der Waals surface area contributed by atoms with Crippen molar-refractivity contribution in [2.75, 3.05) is 0 Å². The van der Waals surface area contributed by atoms with Crippen LogP contribution in [0.25, 0.3) is 6.08 Å². The van der Waals surface area contributed by atoms with E-state index in [1.165, 1.54) is 0 Å². The average Bonchev–Trinajstić information content (AvgIpc) is 2.33. The first-order chi connectivity index (χ1) is 7.81. The van der Waals surface area contributed by atoms with Crippen molar-refractivity contribution >= 4 is 6.08 Å². The van der Waals surface area contributed by atoms with Crippen molar-refractivity contribution in [1.29, 1.82) is 0 Å². The van der Waals surface area contributed by atoms with Crippen LogP contribution in [0.1, 0.15) is 5.56 Å². The molecule has 1 unspecified atom stereocenters. The number of hydrogen-bond acceptors (Lipinski definition) is 3. The fourth-order valence-electron chi connectivity index (χ4n) is 1.58. The van der Waals surface area contributed by atoms with Crippen LogP contribution in [0, 0.1) is 0 Å². The first-order valence-corrected chi connectivity index (χ1v) is 5.01. The van der Waals surface area contributed by atoms with Gasteiger partial charge < -0.3 is 5.11 Å². The van der Waals surface area contributed by atoms with E-state index in [9.17, 15) is 5.11 Å². The quantitative estimate of drug-likeness (QED) is 0.743. The Labute approximate surface area is 94.1 Å². The van der Waals surface area contributed by atoms with Gasteiger partial charge >= 0.3 is 0 Å². The Morgan fingerprint density at radius 3 is 2.81 bits per heavy atom. The second kappa shape index (κ2) is 4.79. The van der Waals surface area contributed by atoms with Crippen molar-refractivity contribution in [3.8, 4) is 5.75 Å². The Balaban J connectivity index is 2.33. The third-order valence-electron chi connectivity index (χ3n) is 2.42. The van der Waals surface area contributed by atoms with Gasteiger partial charge in [0.05, 0.1) is 0 Å². The van der Waals surface area contributed by atoms with E-state index in [2.05, 4.69) is 0 Å². The van der Waals surface area contributed by atoms with Crippen LogP contribution in [-0.2, 0) is 4.84 Å². The molecule has 3 heteroatoms. The Bertz CT molecular complexity index is 461. The SMILES string of the molecule is NOC1C=CC=CC1=Cc1ccccc1O. The maximum absolute atomic E-state index is 9.64. The van der Waals surface area contributed by atoms with E-state index in [1.807, 2.05) is 42.5 Å². The smallest absolute Gasteiger partial charge is 0.122 e. The lowest BCUT2D eigenvalue weighted by atomic mass is 10.0. The van der Waals surface area contributed by atoms with Crippen LogP contribution in [0.3, 0.4) is 0 Å². The summed E-state index contributed by atoms with van der Waals surface area (Å²) in [7, 11) is 0. The van der Waals surface area contributed by atoms with Crippen molar-refractivity contribution < 1.29 is 9.94 Å². The predicted octanol–water partition coefficient (Wildman–Crippen LogP) is 2.16. The molecule has 1 atom stereocenters. The monoisotopic (exact) mass is 215 g/mol. The summed E-state index contributed by atoms with van der Waals surface area (Å²) in [6, 6.07) is 7.13. The second-order valence-electron chi connectivity index (χ2n) is 3.50. The van der Waals surface area contributed by atoms with Gasteiger partial charge in [-0.15, -0.1) is 0 Å². The summed E-state index contributed by atoms with van der Waals surface area (Å²) in [5.74, 6) is 5.44. The van der Waals surface area contributed by atoms with Crippen molar-refractivity contribution in [2.24, 2.45) is 5.90 Å². The van der Waals surface area contributed by atoms with E-state index in [-0.39, 0.29) is 11.9 Å². The van der Waals surface area contributed by atoms with Crippen molar-refractivity contribution in [2.45, 2.75) is 6.10 Å². The largest absolute Gasteiger partial charge is 0.507 e. The van der Waals surface area contributed by atoms with Gasteiger partial charge in [0.25, 0.3) is 0 Å². The molecule has 0 amide bonds. The maximum Gasteiger partial charge on any atom is 0.122 e. The first-order valence-electron chi connectivity index (χ1n) is 5.01. The zero-order valence-electron chi connectivity index (χ0n) is 8.71. The highest BCUT2D eigenvalue weighted by atomic mass is 16.6. The number of rotatable bonds is 2. The molecule has 3 nitrogen and oxygen atoms in total. The normalized spacial score (nSPS) is 21.6. The van der Waals surface area contributed by atoms with E-state index >= 15 is 0 Å². The fourth-order valence-corrected chi connectivity index (χ4v) is 1.58. The zero-order valence-corrected chi connectivity index (χ0v) is 8.71. The molecule has 0 saturated carbocycles. The van der Waals surface area contributed by atoms with E-state index in [4.69, 9.17) is 10.7 Å². The molecule has 82 valence electrons. The molecule has 2 rings (SSSR count). The molecule has 3 N–H and O–H groups in total. The molecular formula is C13H13NO2. The van der Waals surface area contributed by atoms with Crippen molar-refractivity contribution in [3.63, 3.8) is 0 Å². The van der Waals surface area contributed by atoms with Crippen LogP contribution in [0.2, 0.25) is 0 Å². The van der Waals surface area contributed by atoms with E-state index in [0.29, 0.717) is 0 Å². The Hall–Kier alpha value is -1.84.